The minimum absolute atomic E-state index is 0.00305. The van der Waals surface area contributed by atoms with Crippen LogP contribution in [0.5, 0.6) is 5.75 Å². The number of benzene rings is 2. The molecule has 0 radical (unpaired) electrons. The highest BCUT2D eigenvalue weighted by Crippen LogP contribution is 2.41. The first-order valence-electron chi connectivity index (χ1n) is 9.34. The third-order valence-electron chi connectivity index (χ3n) is 5.66. The number of non-ortho nitro benzene ring substituents is 1. The maximum atomic E-state index is 12.7. The van der Waals surface area contributed by atoms with Crippen LogP contribution in [0.2, 0.25) is 5.02 Å². The monoisotopic (exact) mass is 414 g/mol. The summed E-state index contributed by atoms with van der Waals surface area (Å²) in [7, 11) is 0. The van der Waals surface area contributed by atoms with E-state index in [2.05, 4.69) is 0 Å². The maximum absolute atomic E-state index is 12.7. The molecule has 150 valence electrons. The topological polar surface area (TPSA) is 89.8 Å². The Morgan fingerprint density at radius 3 is 2.48 bits per heavy atom. The predicted octanol–water partition coefficient (Wildman–Crippen LogP) is 4.20. The van der Waals surface area contributed by atoms with Crippen LogP contribution in [0.3, 0.4) is 0 Å². The molecule has 1 spiro atoms. The van der Waals surface area contributed by atoms with Gasteiger partial charge in [-0.25, -0.2) is 0 Å². The molecule has 0 aliphatic carbocycles. The van der Waals surface area contributed by atoms with E-state index in [1.807, 2.05) is 6.92 Å². The second-order valence-corrected chi connectivity index (χ2v) is 7.99. The molecule has 2 aromatic carbocycles. The number of nitro groups is 1. The molecule has 0 unspecified atom stereocenters. The van der Waals surface area contributed by atoms with Gasteiger partial charge in [0.15, 0.2) is 5.78 Å². The number of carbonyl (C=O) groups is 2. The molecular weight excluding hydrogens is 396 g/mol. The van der Waals surface area contributed by atoms with E-state index in [0.29, 0.717) is 47.8 Å². The number of fused-ring (bicyclic) bond motifs is 1. The zero-order valence-electron chi connectivity index (χ0n) is 15.8. The van der Waals surface area contributed by atoms with Crippen LogP contribution in [0.4, 0.5) is 5.69 Å². The molecular formula is C21H19ClN2O5. The number of rotatable bonds is 2. The lowest BCUT2D eigenvalue weighted by molar-refractivity contribution is -0.384. The van der Waals surface area contributed by atoms with E-state index < -0.39 is 10.5 Å². The number of piperidine rings is 1. The summed E-state index contributed by atoms with van der Waals surface area (Å²) in [6.45, 7) is 2.76. The number of ether oxygens (including phenoxy) is 1. The Hall–Kier alpha value is -2.93. The van der Waals surface area contributed by atoms with Gasteiger partial charge in [0.05, 0.1) is 16.9 Å². The zero-order chi connectivity index (χ0) is 20.8. The number of ketones is 1. The van der Waals surface area contributed by atoms with E-state index in [9.17, 15) is 19.7 Å². The number of nitrogens with zero attached hydrogens (tertiary/aromatic N) is 2. The number of amides is 1. The maximum Gasteiger partial charge on any atom is 0.269 e. The molecule has 2 heterocycles. The number of hydrogen-bond acceptors (Lipinski definition) is 5. The normalized spacial score (nSPS) is 17.6. The number of nitro benzene ring substituents is 1. The lowest BCUT2D eigenvalue weighted by Gasteiger charge is -2.44. The second-order valence-electron chi connectivity index (χ2n) is 7.58. The van der Waals surface area contributed by atoms with Crippen molar-refractivity contribution in [3.63, 3.8) is 0 Å². The van der Waals surface area contributed by atoms with Crippen molar-refractivity contribution in [2.24, 2.45) is 0 Å². The number of hydrogen-bond donors (Lipinski definition) is 0. The van der Waals surface area contributed by atoms with Gasteiger partial charge >= 0.3 is 0 Å². The fourth-order valence-electron chi connectivity index (χ4n) is 3.92. The molecule has 8 heteroatoms. The van der Waals surface area contributed by atoms with Crippen LogP contribution in [0.1, 0.15) is 45.5 Å². The first-order valence-corrected chi connectivity index (χ1v) is 9.72. The second kappa shape index (κ2) is 7.15. The Morgan fingerprint density at radius 2 is 1.86 bits per heavy atom. The van der Waals surface area contributed by atoms with Crippen LogP contribution >= 0.6 is 11.6 Å². The van der Waals surface area contributed by atoms with E-state index >= 15 is 0 Å². The molecule has 1 amide bonds. The van der Waals surface area contributed by atoms with Gasteiger partial charge in [0, 0.05) is 48.6 Å². The van der Waals surface area contributed by atoms with Crippen LogP contribution in [0.25, 0.3) is 0 Å². The van der Waals surface area contributed by atoms with Crippen molar-refractivity contribution in [2.45, 2.75) is 31.8 Å². The summed E-state index contributed by atoms with van der Waals surface area (Å²) in [5, 5.41) is 11.3. The van der Waals surface area contributed by atoms with Crippen molar-refractivity contribution in [2.75, 3.05) is 13.1 Å². The van der Waals surface area contributed by atoms with E-state index in [1.165, 1.54) is 24.3 Å². The van der Waals surface area contributed by atoms with Gasteiger partial charge in [-0.1, -0.05) is 11.6 Å². The first kappa shape index (κ1) is 19.4. The van der Waals surface area contributed by atoms with E-state index in [-0.39, 0.29) is 23.8 Å². The highest BCUT2D eigenvalue weighted by atomic mass is 35.5. The summed E-state index contributed by atoms with van der Waals surface area (Å²) < 4.78 is 6.25. The molecule has 0 aromatic heterocycles. The molecule has 0 atom stereocenters. The molecule has 1 fully saturated rings. The largest absolute Gasteiger partial charge is 0.486 e. The van der Waals surface area contributed by atoms with Gasteiger partial charge in [-0.15, -0.1) is 0 Å². The average Bonchev–Trinajstić information content (AvgIpc) is 2.70. The molecule has 2 aliphatic rings. The number of Topliss-reactive ketones (excluding diaryl/α,β-unsaturated/α-hetero) is 1. The van der Waals surface area contributed by atoms with E-state index in [1.54, 1.807) is 17.0 Å². The molecule has 0 bridgehead atoms. The van der Waals surface area contributed by atoms with Gasteiger partial charge in [-0.2, -0.15) is 0 Å². The summed E-state index contributed by atoms with van der Waals surface area (Å²) in [6, 6.07) is 9.04. The van der Waals surface area contributed by atoms with Crippen LogP contribution in [0, 0.1) is 17.0 Å². The predicted molar refractivity (Wildman–Crippen MR) is 107 cm³/mol. The van der Waals surface area contributed by atoms with Crippen molar-refractivity contribution < 1.29 is 19.2 Å². The van der Waals surface area contributed by atoms with Gasteiger partial charge < -0.3 is 9.64 Å². The van der Waals surface area contributed by atoms with Crippen molar-refractivity contribution in [1.82, 2.24) is 4.90 Å². The summed E-state index contributed by atoms with van der Waals surface area (Å²) in [5.74, 6) is 0.376. The smallest absolute Gasteiger partial charge is 0.269 e. The number of halogens is 1. The molecule has 7 nitrogen and oxygen atoms in total. The summed E-state index contributed by atoms with van der Waals surface area (Å²) in [6.07, 6.45) is 1.34. The molecule has 2 aromatic rings. The van der Waals surface area contributed by atoms with Crippen LogP contribution in [-0.2, 0) is 0 Å². The first-order chi connectivity index (χ1) is 13.8. The summed E-state index contributed by atoms with van der Waals surface area (Å²) >= 11 is 6.14. The SMILES string of the molecule is Cc1cc2c(cc1Cl)C(=O)CC1(CCN(C(=O)c3ccc([N+](=O)[O-])cc3)CC1)O2. The minimum Gasteiger partial charge on any atom is -0.486 e. The molecule has 0 N–H and O–H groups in total. The standard InChI is InChI=1S/C21H19ClN2O5/c1-13-10-19-16(11-17(13)22)18(25)12-21(29-19)6-8-23(9-7-21)20(26)14-2-4-15(5-3-14)24(27)28/h2-5,10-11H,6-9,12H2,1H3. The van der Waals surface area contributed by atoms with Gasteiger partial charge in [0.1, 0.15) is 11.4 Å². The highest BCUT2D eigenvalue weighted by Gasteiger charge is 2.44. The molecule has 4 rings (SSSR count). The lowest BCUT2D eigenvalue weighted by atomic mass is 9.82. The third-order valence-corrected chi connectivity index (χ3v) is 6.06. The van der Waals surface area contributed by atoms with Gasteiger partial charge in [-0.05, 0) is 36.8 Å². The number of likely N-dealkylation sites (tertiary alicyclic amines) is 1. The molecule has 2 aliphatic heterocycles. The van der Waals surface area contributed by atoms with E-state index in [4.69, 9.17) is 16.3 Å². The Balaban J connectivity index is 1.47. The van der Waals surface area contributed by atoms with Crippen molar-refractivity contribution in [3.8, 4) is 5.75 Å². The Morgan fingerprint density at radius 1 is 1.21 bits per heavy atom. The fraction of sp³-hybridized carbons (Fsp3) is 0.333. The molecule has 1 saturated heterocycles. The van der Waals surface area contributed by atoms with Crippen LogP contribution in [0.15, 0.2) is 36.4 Å². The van der Waals surface area contributed by atoms with Crippen molar-refractivity contribution in [3.05, 3.63) is 68.2 Å². The Kier molecular flexibility index (Phi) is 4.78. The number of aryl methyl sites for hydroxylation is 1. The van der Waals surface area contributed by atoms with Gasteiger partial charge in [0.2, 0.25) is 0 Å². The van der Waals surface area contributed by atoms with Crippen LogP contribution < -0.4 is 4.74 Å². The molecule has 29 heavy (non-hydrogen) atoms. The fourth-order valence-corrected chi connectivity index (χ4v) is 4.08. The Labute approximate surface area is 172 Å². The highest BCUT2D eigenvalue weighted by molar-refractivity contribution is 6.31. The average molecular weight is 415 g/mol. The minimum atomic E-state index is -0.614. The number of carbonyl (C=O) groups excluding carboxylic acids is 2. The zero-order valence-corrected chi connectivity index (χ0v) is 16.6. The van der Waals surface area contributed by atoms with Gasteiger partial charge in [-0.3, -0.25) is 19.7 Å². The van der Waals surface area contributed by atoms with Gasteiger partial charge in [0.25, 0.3) is 11.6 Å². The lowest BCUT2D eigenvalue weighted by Crippen LogP contribution is -2.52. The van der Waals surface area contributed by atoms with Crippen molar-refractivity contribution in [1.29, 1.82) is 0 Å². The van der Waals surface area contributed by atoms with Crippen molar-refractivity contribution >= 4 is 29.0 Å². The summed E-state index contributed by atoms with van der Waals surface area (Å²) in [4.78, 5) is 37.4. The quantitative estimate of drug-likeness (QED) is 0.542. The van der Waals surface area contributed by atoms with E-state index in [0.717, 1.165) is 5.56 Å². The Bertz CT molecular complexity index is 1010. The third kappa shape index (κ3) is 3.58. The van der Waals surface area contributed by atoms with Crippen LogP contribution in [-0.4, -0.2) is 40.2 Å². The molecule has 0 saturated carbocycles. The summed E-state index contributed by atoms with van der Waals surface area (Å²) in [5.41, 5.74) is 1.10.